The first-order chi connectivity index (χ1) is 5.24. The van der Waals surface area contributed by atoms with E-state index in [2.05, 4.69) is 15.9 Å². The van der Waals surface area contributed by atoms with Gasteiger partial charge in [0.25, 0.3) is 0 Å². The monoisotopic (exact) mass is 218 g/mol. The van der Waals surface area contributed by atoms with Gasteiger partial charge in [-0.2, -0.15) is 0 Å². The summed E-state index contributed by atoms with van der Waals surface area (Å²) < 4.78 is 13.6. The Labute approximate surface area is 73.0 Å². The molecule has 0 spiro atoms. The summed E-state index contributed by atoms with van der Waals surface area (Å²) in [4.78, 5) is 0. The number of aliphatic hydroxyl groups is 1. The van der Waals surface area contributed by atoms with E-state index in [1.807, 2.05) is 0 Å². The fourth-order valence-electron chi connectivity index (χ4n) is 0.777. The first-order valence-corrected chi connectivity index (χ1v) is 4.03. The topological polar surface area (TPSA) is 20.2 Å². The molecule has 60 valence electrons. The zero-order chi connectivity index (χ0) is 8.27. The molecule has 0 saturated carbocycles. The van der Waals surface area contributed by atoms with Crippen LogP contribution in [0, 0.1) is 0 Å². The van der Waals surface area contributed by atoms with Crippen molar-refractivity contribution in [2.45, 2.75) is 6.17 Å². The molecule has 1 rings (SSSR count). The number of alkyl halides is 1. The molecule has 1 nitrogen and oxygen atoms in total. The van der Waals surface area contributed by atoms with Crippen LogP contribution in [-0.4, -0.2) is 11.7 Å². The highest BCUT2D eigenvalue weighted by Crippen LogP contribution is 2.18. The van der Waals surface area contributed by atoms with Gasteiger partial charge in [0, 0.05) is 4.47 Å². The summed E-state index contributed by atoms with van der Waals surface area (Å²) in [5.41, 5.74) is 0.510. The second kappa shape index (κ2) is 3.83. The van der Waals surface area contributed by atoms with Gasteiger partial charge in [0.2, 0.25) is 0 Å². The number of hydrogen-bond acceptors (Lipinski definition) is 1. The Morgan fingerprint density at radius 2 is 1.91 bits per heavy atom. The fourth-order valence-corrected chi connectivity index (χ4v) is 1.04. The Morgan fingerprint density at radius 1 is 1.36 bits per heavy atom. The normalized spacial score (nSPS) is 13.0. The maximum Gasteiger partial charge on any atom is 0.148 e. The van der Waals surface area contributed by atoms with E-state index in [0.717, 1.165) is 4.47 Å². The van der Waals surface area contributed by atoms with Gasteiger partial charge in [-0.15, -0.1) is 0 Å². The van der Waals surface area contributed by atoms with E-state index >= 15 is 0 Å². The zero-order valence-electron chi connectivity index (χ0n) is 5.80. The summed E-state index contributed by atoms with van der Waals surface area (Å²) in [6, 6.07) is 6.78. The molecule has 0 aliphatic carbocycles. The van der Waals surface area contributed by atoms with Gasteiger partial charge in [-0.3, -0.25) is 0 Å². The molecule has 0 aromatic heterocycles. The highest BCUT2D eigenvalue weighted by Gasteiger charge is 2.06. The number of halogens is 2. The lowest BCUT2D eigenvalue weighted by molar-refractivity contribution is 0.180. The van der Waals surface area contributed by atoms with Gasteiger partial charge in [-0.1, -0.05) is 28.1 Å². The third-order valence-electron chi connectivity index (χ3n) is 1.39. The van der Waals surface area contributed by atoms with Crippen molar-refractivity contribution in [3.05, 3.63) is 34.3 Å². The van der Waals surface area contributed by atoms with E-state index in [0.29, 0.717) is 5.56 Å². The highest BCUT2D eigenvalue weighted by atomic mass is 79.9. The van der Waals surface area contributed by atoms with Crippen molar-refractivity contribution in [2.24, 2.45) is 0 Å². The minimum atomic E-state index is -1.26. The van der Waals surface area contributed by atoms with Gasteiger partial charge in [0.1, 0.15) is 6.17 Å². The van der Waals surface area contributed by atoms with Crippen LogP contribution in [0.2, 0.25) is 0 Å². The van der Waals surface area contributed by atoms with Gasteiger partial charge in [-0.25, -0.2) is 4.39 Å². The third kappa shape index (κ3) is 2.27. The summed E-state index contributed by atoms with van der Waals surface area (Å²) in [5.74, 6) is 0. The molecular formula is C8H8BrFO. The Bertz CT molecular complexity index is 222. The number of aliphatic hydroxyl groups excluding tert-OH is 1. The van der Waals surface area contributed by atoms with Crippen LogP contribution in [-0.2, 0) is 0 Å². The minimum Gasteiger partial charge on any atom is -0.393 e. The Balaban J connectivity index is 2.81. The van der Waals surface area contributed by atoms with Crippen LogP contribution in [0.25, 0.3) is 0 Å². The van der Waals surface area contributed by atoms with E-state index in [1.54, 1.807) is 24.3 Å². The van der Waals surface area contributed by atoms with E-state index < -0.39 is 12.8 Å². The summed E-state index contributed by atoms with van der Waals surface area (Å²) in [6.45, 7) is -0.457. The standard InChI is InChI=1S/C8H8BrFO/c9-7-3-1-6(2-4-7)8(10)5-11/h1-4,8,11H,5H2. The molecule has 3 heteroatoms. The van der Waals surface area contributed by atoms with Crippen molar-refractivity contribution in [3.63, 3.8) is 0 Å². The smallest absolute Gasteiger partial charge is 0.148 e. The van der Waals surface area contributed by atoms with Crippen molar-refractivity contribution < 1.29 is 9.50 Å². The van der Waals surface area contributed by atoms with Crippen molar-refractivity contribution in [3.8, 4) is 0 Å². The summed E-state index contributed by atoms with van der Waals surface area (Å²) in [6.07, 6.45) is -1.26. The Morgan fingerprint density at radius 3 is 2.36 bits per heavy atom. The summed E-state index contributed by atoms with van der Waals surface area (Å²) >= 11 is 3.23. The largest absolute Gasteiger partial charge is 0.393 e. The molecule has 11 heavy (non-hydrogen) atoms. The van der Waals surface area contributed by atoms with Crippen molar-refractivity contribution in [1.82, 2.24) is 0 Å². The van der Waals surface area contributed by atoms with Crippen LogP contribution in [0.5, 0.6) is 0 Å². The molecule has 0 heterocycles. The molecule has 0 bridgehead atoms. The predicted octanol–water partition coefficient (Wildman–Crippen LogP) is 2.45. The van der Waals surface area contributed by atoms with E-state index in [1.165, 1.54) is 0 Å². The molecule has 1 N–H and O–H groups in total. The lowest BCUT2D eigenvalue weighted by atomic mass is 10.1. The van der Waals surface area contributed by atoms with Crippen molar-refractivity contribution >= 4 is 15.9 Å². The Hall–Kier alpha value is -0.410. The van der Waals surface area contributed by atoms with Crippen LogP contribution >= 0.6 is 15.9 Å². The van der Waals surface area contributed by atoms with E-state index in [4.69, 9.17) is 5.11 Å². The second-order valence-corrected chi connectivity index (χ2v) is 3.12. The molecule has 0 aliphatic heterocycles. The van der Waals surface area contributed by atoms with Crippen LogP contribution < -0.4 is 0 Å². The summed E-state index contributed by atoms with van der Waals surface area (Å²) in [7, 11) is 0. The van der Waals surface area contributed by atoms with Crippen molar-refractivity contribution in [2.75, 3.05) is 6.61 Å². The maximum atomic E-state index is 12.7. The molecule has 1 atom stereocenters. The van der Waals surface area contributed by atoms with Gasteiger partial charge in [0.05, 0.1) is 6.61 Å². The first-order valence-electron chi connectivity index (χ1n) is 3.24. The van der Waals surface area contributed by atoms with Crippen molar-refractivity contribution in [1.29, 1.82) is 0 Å². The quantitative estimate of drug-likeness (QED) is 0.809. The maximum absolute atomic E-state index is 12.7. The fraction of sp³-hybridized carbons (Fsp3) is 0.250. The van der Waals surface area contributed by atoms with E-state index in [9.17, 15) is 4.39 Å². The van der Waals surface area contributed by atoms with Crippen LogP contribution in [0.15, 0.2) is 28.7 Å². The van der Waals surface area contributed by atoms with Crippen LogP contribution in [0.4, 0.5) is 4.39 Å². The molecule has 1 aromatic rings. The minimum absolute atomic E-state index is 0.457. The second-order valence-electron chi connectivity index (χ2n) is 2.20. The SMILES string of the molecule is OCC(F)c1ccc(Br)cc1. The summed E-state index contributed by atoms with van der Waals surface area (Å²) in [5, 5.41) is 8.47. The third-order valence-corrected chi connectivity index (χ3v) is 1.92. The van der Waals surface area contributed by atoms with Crippen LogP contribution in [0.3, 0.4) is 0 Å². The van der Waals surface area contributed by atoms with Gasteiger partial charge in [-0.05, 0) is 17.7 Å². The molecule has 0 aliphatic rings. The predicted molar refractivity (Wildman–Crippen MR) is 45.1 cm³/mol. The molecule has 0 fully saturated rings. The van der Waals surface area contributed by atoms with Gasteiger partial charge >= 0.3 is 0 Å². The average Bonchev–Trinajstić information content (AvgIpc) is 2.05. The molecule has 0 amide bonds. The lowest BCUT2D eigenvalue weighted by Crippen LogP contribution is -1.95. The molecule has 1 unspecified atom stereocenters. The number of rotatable bonds is 2. The lowest BCUT2D eigenvalue weighted by Gasteiger charge is -2.03. The van der Waals surface area contributed by atoms with Gasteiger partial charge in [0.15, 0.2) is 0 Å². The molecular weight excluding hydrogens is 211 g/mol. The molecule has 0 saturated heterocycles. The van der Waals surface area contributed by atoms with E-state index in [-0.39, 0.29) is 0 Å². The first kappa shape index (κ1) is 8.68. The Kier molecular flexibility index (Phi) is 3.02. The zero-order valence-corrected chi connectivity index (χ0v) is 7.38. The number of benzene rings is 1. The van der Waals surface area contributed by atoms with Gasteiger partial charge < -0.3 is 5.11 Å². The number of hydrogen-bond donors (Lipinski definition) is 1. The highest BCUT2D eigenvalue weighted by molar-refractivity contribution is 9.10. The molecule has 1 aromatic carbocycles. The molecule has 0 radical (unpaired) electrons. The van der Waals surface area contributed by atoms with Crippen LogP contribution in [0.1, 0.15) is 11.7 Å². The average molecular weight is 219 g/mol.